The Morgan fingerprint density at radius 2 is 2.00 bits per heavy atom. The minimum Gasteiger partial charge on any atom is -0.338 e. The fourth-order valence-corrected chi connectivity index (χ4v) is 1.85. The van der Waals surface area contributed by atoms with E-state index in [0.717, 1.165) is 19.4 Å². The molecule has 6 nitrogen and oxygen atoms in total. The highest BCUT2D eigenvalue weighted by Crippen LogP contribution is 2.29. The Hall–Kier alpha value is -2.03. The van der Waals surface area contributed by atoms with Crippen molar-refractivity contribution in [1.29, 1.82) is 0 Å². The summed E-state index contributed by atoms with van der Waals surface area (Å²) in [5.41, 5.74) is -2.27. The van der Waals surface area contributed by atoms with Gasteiger partial charge in [0, 0.05) is 18.8 Å². The molecule has 0 aliphatic carbocycles. The number of amides is 2. The largest absolute Gasteiger partial charge is 0.417 e. The van der Waals surface area contributed by atoms with Crippen LogP contribution in [0.5, 0.6) is 0 Å². The number of hydrogen-bond acceptors (Lipinski definition) is 3. The minimum atomic E-state index is -4.60. The molecule has 9 heteroatoms. The molecule has 0 atom stereocenters. The summed E-state index contributed by atoms with van der Waals surface area (Å²) in [5, 5.41) is 4.65. The maximum atomic E-state index is 12.6. The molecule has 0 unspecified atom stereocenters. The van der Waals surface area contributed by atoms with Crippen LogP contribution in [0.3, 0.4) is 0 Å². The number of carbonyl (C=O) groups is 1. The lowest BCUT2D eigenvalue weighted by molar-refractivity contribution is -0.137. The third-order valence-corrected chi connectivity index (χ3v) is 3.58. The van der Waals surface area contributed by atoms with Crippen LogP contribution in [0.2, 0.25) is 0 Å². The second-order valence-corrected chi connectivity index (χ2v) is 5.79. The highest BCUT2D eigenvalue weighted by atomic mass is 19.4. The number of nitrogens with one attached hydrogen (secondary N) is 3. The van der Waals surface area contributed by atoms with E-state index in [9.17, 15) is 22.8 Å². The Balaban J connectivity index is 2.44. The fourth-order valence-electron chi connectivity index (χ4n) is 1.85. The summed E-state index contributed by atoms with van der Waals surface area (Å²) in [6.45, 7) is 5.42. The SMILES string of the molecule is CC(C)N(C)CCCCNC(=O)Nc1cc(C(F)(F)F)c[nH]c1=O. The molecular weight excluding hydrogens is 325 g/mol. The molecule has 0 aliphatic rings. The average Bonchev–Trinajstić information content (AvgIpc) is 2.47. The molecule has 0 fully saturated rings. The zero-order chi connectivity index (χ0) is 18.3. The topological polar surface area (TPSA) is 77.2 Å². The second-order valence-electron chi connectivity index (χ2n) is 5.79. The number of unbranched alkanes of at least 4 members (excludes halogenated alkanes) is 1. The first kappa shape index (κ1) is 20.0. The van der Waals surface area contributed by atoms with Crippen molar-refractivity contribution in [2.75, 3.05) is 25.5 Å². The van der Waals surface area contributed by atoms with Crippen molar-refractivity contribution >= 4 is 11.7 Å². The first-order valence-corrected chi connectivity index (χ1v) is 7.66. The number of H-pyrrole nitrogens is 1. The molecule has 0 aromatic carbocycles. The van der Waals surface area contributed by atoms with Crippen LogP contribution < -0.4 is 16.2 Å². The second kappa shape index (κ2) is 8.72. The summed E-state index contributed by atoms with van der Waals surface area (Å²) in [7, 11) is 2.00. The maximum absolute atomic E-state index is 12.6. The van der Waals surface area contributed by atoms with Gasteiger partial charge in [0.05, 0.1) is 5.56 Å². The number of hydrogen-bond donors (Lipinski definition) is 3. The number of aromatic amines is 1. The molecule has 0 aliphatic heterocycles. The summed E-state index contributed by atoms with van der Waals surface area (Å²) in [5.74, 6) is 0. The van der Waals surface area contributed by atoms with E-state index >= 15 is 0 Å². The van der Waals surface area contributed by atoms with Gasteiger partial charge in [-0.3, -0.25) is 4.79 Å². The first-order chi connectivity index (χ1) is 11.1. The summed E-state index contributed by atoms with van der Waals surface area (Å²) in [6.07, 6.45) is -2.43. The van der Waals surface area contributed by atoms with Crippen molar-refractivity contribution < 1.29 is 18.0 Å². The molecule has 0 radical (unpaired) electrons. The van der Waals surface area contributed by atoms with Gasteiger partial charge in [0.1, 0.15) is 5.69 Å². The molecule has 0 spiro atoms. The van der Waals surface area contributed by atoms with E-state index in [1.807, 2.05) is 12.0 Å². The van der Waals surface area contributed by atoms with Crippen molar-refractivity contribution in [2.24, 2.45) is 0 Å². The number of nitrogens with zero attached hydrogens (tertiary/aromatic N) is 1. The Labute approximate surface area is 138 Å². The van der Waals surface area contributed by atoms with Crippen molar-refractivity contribution in [3.05, 3.63) is 28.2 Å². The fraction of sp³-hybridized carbons (Fsp3) is 0.600. The van der Waals surface area contributed by atoms with Gasteiger partial charge in [-0.2, -0.15) is 13.2 Å². The van der Waals surface area contributed by atoms with Crippen molar-refractivity contribution in [2.45, 2.75) is 38.9 Å². The van der Waals surface area contributed by atoms with Gasteiger partial charge in [-0.25, -0.2) is 4.79 Å². The predicted molar refractivity (Wildman–Crippen MR) is 86.1 cm³/mol. The van der Waals surface area contributed by atoms with E-state index in [-0.39, 0.29) is 0 Å². The van der Waals surface area contributed by atoms with E-state index in [1.54, 1.807) is 0 Å². The van der Waals surface area contributed by atoms with E-state index in [2.05, 4.69) is 29.4 Å². The summed E-state index contributed by atoms with van der Waals surface area (Å²) in [6, 6.07) is 0.335. The zero-order valence-corrected chi connectivity index (χ0v) is 14.0. The van der Waals surface area contributed by atoms with Crippen LogP contribution >= 0.6 is 0 Å². The van der Waals surface area contributed by atoms with Gasteiger partial charge in [0.25, 0.3) is 5.56 Å². The van der Waals surface area contributed by atoms with Crippen LogP contribution in [-0.4, -0.2) is 42.1 Å². The normalized spacial score (nSPS) is 11.8. The van der Waals surface area contributed by atoms with Gasteiger partial charge in [-0.1, -0.05) is 0 Å². The van der Waals surface area contributed by atoms with Crippen molar-refractivity contribution in [3.8, 4) is 0 Å². The molecule has 3 N–H and O–H groups in total. The molecule has 1 heterocycles. The number of alkyl halides is 3. The van der Waals surface area contributed by atoms with E-state index in [0.29, 0.717) is 24.8 Å². The van der Waals surface area contributed by atoms with E-state index < -0.39 is 29.0 Å². The molecule has 1 rings (SSSR count). The maximum Gasteiger partial charge on any atom is 0.417 e. The molecule has 0 saturated carbocycles. The first-order valence-electron chi connectivity index (χ1n) is 7.66. The van der Waals surface area contributed by atoms with Crippen LogP contribution in [0, 0.1) is 0 Å². The number of pyridine rings is 1. The summed E-state index contributed by atoms with van der Waals surface area (Å²) < 4.78 is 37.8. The Morgan fingerprint density at radius 3 is 2.58 bits per heavy atom. The van der Waals surface area contributed by atoms with Crippen LogP contribution in [0.25, 0.3) is 0 Å². The number of carbonyl (C=O) groups excluding carboxylic acids is 1. The monoisotopic (exact) mass is 348 g/mol. The lowest BCUT2D eigenvalue weighted by Gasteiger charge is -2.20. The lowest BCUT2D eigenvalue weighted by atomic mass is 10.2. The number of urea groups is 1. The van der Waals surface area contributed by atoms with Crippen LogP contribution in [0.4, 0.5) is 23.7 Å². The van der Waals surface area contributed by atoms with Crippen molar-refractivity contribution in [1.82, 2.24) is 15.2 Å². The van der Waals surface area contributed by atoms with Gasteiger partial charge >= 0.3 is 12.2 Å². The van der Waals surface area contributed by atoms with Gasteiger partial charge in [0.15, 0.2) is 0 Å². The molecule has 1 aromatic rings. The lowest BCUT2D eigenvalue weighted by Crippen LogP contribution is -2.33. The molecule has 1 aromatic heterocycles. The van der Waals surface area contributed by atoms with Gasteiger partial charge < -0.3 is 20.5 Å². The Bertz CT molecular complexity index is 599. The van der Waals surface area contributed by atoms with Gasteiger partial charge in [0.2, 0.25) is 0 Å². The van der Waals surface area contributed by atoms with Crippen LogP contribution in [0.1, 0.15) is 32.3 Å². The van der Waals surface area contributed by atoms with E-state index in [4.69, 9.17) is 0 Å². The molecule has 0 bridgehead atoms. The molecule has 2 amide bonds. The number of rotatable bonds is 7. The summed E-state index contributed by atoms with van der Waals surface area (Å²) >= 11 is 0. The highest BCUT2D eigenvalue weighted by Gasteiger charge is 2.31. The molecule has 0 saturated heterocycles. The standard InChI is InChI=1S/C15H23F3N4O2/c1-10(2)22(3)7-5-4-6-19-14(24)21-12-8-11(15(16,17)18)9-20-13(12)23/h8-10H,4-7H2,1-3H3,(H,20,23)(H2,19,21,24). The Kier molecular flexibility index (Phi) is 7.27. The molecule has 136 valence electrons. The summed E-state index contributed by atoms with van der Waals surface area (Å²) in [4.78, 5) is 27.3. The quantitative estimate of drug-likeness (QED) is 0.663. The average molecular weight is 348 g/mol. The smallest absolute Gasteiger partial charge is 0.338 e. The Morgan fingerprint density at radius 1 is 1.33 bits per heavy atom. The third-order valence-electron chi connectivity index (χ3n) is 3.58. The third kappa shape index (κ3) is 6.61. The minimum absolute atomic E-state index is 0.370. The van der Waals surface area contributed by atoms with E-state index in [1.165, 1.54) is 0 Å². The zero-order valence-electron chi connectivity index (χ0n) is 14.0. The van der Waals surface area contributed by atoms with Crippen LogP contribution in [0.15, 0.2) is 17.1 Å². The van der Waals surface area contributed by atoms with Crippen molar-refractivity contribution in [3.63, 3.8) is 0 Å². The van der Waals surface area contributed by atoms with Gasteiger partial charge in [-0.15, -0.1) is 0 Å². The van der Waals surface area contributed by atoms with Crippen LogP contribution in [-0.2, 0) is 6.18 Å². The number of halogens is 3. The molecular formula is C15H23F3N4O2. The number of anilines is 1. The van der Waals surface area contributed by atoms with Gasteiger partial charge in [-0.05, 0) is 46.3 Å². The predicted octanol–water partition coefficient (Wildman–Crippen LogP) is 2.64. The molecule has 24 heavy (non-hydrogen) atoms. The highest BCUT2D eigenvalue weighted by molar-refractivity contribution is 5.89. The number of aromatic nitrogens is 1.